The molecule has 124 valence electrons. The van der Waals surface area contributed by atoms with Crippen LogP contribution in [0.5, 0.6) is 0 Å². The molecule has 1 heterocycles. The van der Waals surface area contributed by atoms with Crippen LogP contribution < -0.4 is 10.6 Å². The van der Waals surface area contributed by atoms with E-state index >= 15 is 0 Å². The molecule has 0 atom stereocenters. The Kier molecular flexibility index (Phi) is 5.26. The molecule has 2 aliphatic rings. The van der Waals surface area contributed by atoms with Crippen molar-refractivity contribution in [2.24, 2.45) is 0 Å². The summed E-state index contributed by atoms with van der Waals surface area (Å²) in [6.45, 7) is 0. The highest BCUT2D eigenvalue weighted by atomic mass is 16.2. The number of aromatic nitrogens is 1. The standard InChI is InChI=1S/C18H25N3O2/c22-17(20-15-6-2-1-3-7-15)13-10-14(12-19-11-13)18(23)21-16-8-4-5-9-16/h10-12,15-16H,1-9H2,(H,20,22)(H,21,23). The van der Waals surface area contributed by atoms with Gasteiger partial charge in [0.15, 0.2) is 0 Å². The van der Waals surface area contributed by atoms with E-state index in [4.69, 9.17) is 0 Å². The van der Waals surface area contributed by atoms with E-state index in [0.717, 1.165) is 25.7 Å². The highest BCUT2D eigenvalue weighted by Crippen LogP contribution is 2.19. The molecule has 2 fully saturated rings. The molecule has 0 radical (unpaired) electrons. The maximum absolute atomic E-state index is 12.3. The summed E-state index contributed by atoms with van der Waals surface area (Å²) >= 11 is 0. The Bertz CT molecular complexity index is 561. The SMILES string of the molecule is O=C(NC1CCCCC1)c1cncc(C(=O)NC2CCCC2)c1. The van der Waals surface area contributed by atoms with Gasteiger partial charge in [0.2, 0.25) is 0 Å². The van der Waals surface area contributed by atoms with Gasteiger partial charge in [-0.05, 0) is 31.7 Å². The van der Waals surface area contributed by atoms with Crippen LogP contribution in [0.1, 0.15) is 78.5 Å². The third kappa shape index (κ3) is 4.30. The lowest BCUT2D eigenvalue weighted by Gasteiger charge is -2.22. The van der Waals surface area contributed by atoms with Gasteiger partial charge in [0.05, 0.1) is 11.1 Å². The molecule has 0 bridgehead atoms. The summed E-state index contributed by atoms with van der Waals surface area (Å²) in [5.41, 5.74) is 0.933. The van der Waals surface area contributed by atoms with Gasteiger partial charge in [0.1, 0.15) is 0 Å². The molecule has 1 aromatic rings. The van der Waals surface area contributed by atoms with Crippen LogP contribution in [0.3, 0.4) is 0 Å². The first-order valence-corrected chi connectivity index (χ1v) is 8.79. The van der Waals surface area contributed by atoms with Crippen LogP contribution in [0.2, 0.25) is 0 Å². The molecule has 5 nitrogen and oxygen atoms in total. The Labute approximate surface area is 137 Å². The molecule has 0 aliphatic heterocycles. The fraction of sp³-hybridized carbons (Fsp3) is 0.611. The fourth-order valence-corrected chi connectivity index (χ4v) is 3.54. The Morgan fingerprint density at radius 2 is 1.22 bits per heavy atom. The molecule has 5 heteroatoms. The van der Waals surface area contributed by atoms with Crippen LogP contribution in [0.15, 0.2) is 18.5 Å². The molecule has 2 amide bonds. The second kappa shape index (κ2) is 7.57. The van der Waals surface area contributed by atoms with Crippen molar-refractivity contribution in [2.75, 3.05) is 0 Å². The number of rotatable bonds is 4. The van der Waals surface area contributed by atoms with Gasteiger partial charge in [-0.2, -0.15) is 0 Å². The molecule has 1 aromatic heterocycles. The van der Waals surface area contributed by atoms with E-state index in [1.165, 1.54) is 44.5 Å². The number of pyridine rings is 1. The van der Waals surface area contributed by atoms with Gasteiger partial charge < -0.3 is 10.6 Å². The van der Waals surface area contributed by atoms with Gasteiger partial charge >= 0.3 is 0 Å². The van der Waals surface area contributed by atoms with Crippen molar-refractivity contribution in [1.29, 1.82) is 0 Å². The van der Waals surface area contributed by atoms with E-state index in [9.17, 15) is 9.59 Å². The van der Waals surface area contributed by atoms with Gasteiger partial charge in [0.25, 0.3) is 11.8 Å². The molecule has 2 saturated carbocycles. The Morgan fingerprint density at radius 3 is 1.70 bits per heavy atom. The van der Waals surface area contributed by atoms with Crippen molar-refractivity contribution in [1.82, 2.24) is 15.6 Å². The maximum atomic E-state index is 12.3. The molecule has 0 spiro atoms. The summed E-state index contributed by atoms with van der Waals surface area (Å²) in [5.74, 6) is -0.253. The van der Waals surface area contributed by atoms with Crippen LogP contribution in [-0.2, 0) is 0 Å². The Morgan fingerprint density at radius 1 is 0.783 bits per heavy atom. The number of carbonyl (C=O) groups is 2. The fourth-order valence-electron chi connectivity index (χ4n) is 3.54. The molecular formula is C18H25N3O2. The molecule has 0 aromatic carbocycles. The van der Waals surface area contributed by atoms with Crippen LogP contribution in [0, 0.1) is 0 Å². The third-order valence-corrected chi connectivity index (χ3v) is 4.89. The number of hydrogen-bond donors (Lipinski definition) is 2. The van der Waals surface area contributed by atoms with Crippen molar-refractivity contribution in [3.05, 3.63) is 29.6 Å². The van der Waals surface area contributed by atoms with Crippen molar-refractivity contribution in [2.45, 2.75) is 69.9 Å². The topological polar surface area (TPSA) is 71.1 Å². The first-order chi connectivity index (χ1) is 11.2. The first kappa shape index (κ1) is 16.0. The number of nitrogens with zero attached hydrogens (tertiary/aromatic N) is 1. The zero-order valence-corrected chi connectivity index (χ0v) is 13.5. The van der Waals surface area contributed by atoms with E-state index in [1.54, 1.807) is 6.07 Å². The predicted octanol–water partition coefficient (Wildman–Crippen LogP) is 2.82. The van der Waals surface area contributed by atoms with Crippen molar-refractivity contribution in [3.8, 4) is 0 Å². The van der Waals surface area contributed by atoms with Crippen molar-refractivity contribution in [3.63, 3.8) is 0 Å². The quantitative estimate of drug-likeness (QED) is 0.897. The summed E-state index contributed by atoms with van der Waals surface area (Å²) in [4.78, 5) is 28.7. The first-order valence-electron chi connectivity index (χ1n) is 8.79. The van der Waals surface area contributed by atoms with Gasteiger partial charge in [-0.25, -0.2) is 0 Å². The van der Waals surface area contributed by atoms with E-state index in [-0.39, 0.29) is 23.9 Å². The normalized spacial score (nSPS) is 19.5. The van der Waals surface area contributed by atoms with Crippen LogP contribution >= 0.6 is 0 Å². The summed E-state index contributed by atoms with van der Waals surface area (Å²) in [5, 5.41) is 6.10. The van der Waals surface area contributed by atoms with Crippen LogP contribution in [0.25, 0.3) is 0 Å². The van der Waals surface area contributed by atoms with Gasteiger partial charge in [0, 0.05) is 24.5 Å². The third-order valence-electron chi connectivity index (χ3n) is 4.89. The maximum Gasteiger partial charge on any atom is 0.253 e. The molecular weight excluding hydrogens is 290 g/mol. The zero-order valence-electron chi connectivity index (χ0n) is 13.5. The van der Waals surface area contributed by atoms with Gasteiger partial charge in [-0.15, -0.1) is 0 Å². The average Bonchev–Trinajstić information content (AvgIpc) is 3.09. The van der Waals surface area contributed by atoms with E-state index in [0.29, 0.717) is 11.1 Å². The number of nitrogens with one attached hydrogen (secondary N) is 2. The van der Waals surface area contributed by atoms with Crippen LogP contribution in [0.4, 0.5) is 0 Å². The average molecular weight is 315 g/mol. The smallest absolute Gasteiger partial charge is 0.253 e. The molecule has 3 rings (SSSR count). The monoisotopic (exact) mass is 315 g/mol. The minimum Gasteiger partial charge on any atom is -0.349 e. The predicted molar refractivity (Wildman–Crippen MR) is 88.3 cm³/mol. The molecule has 2 N–H and O–H groups in total. The van der Waals surface area contributed by atoms with E-state index in [1.807, 2.05) is 0 Å². The largest absolute Gasteiger partial charge is 0.349 e. The van der Waals surface area contributed by atoms with E-state index < -0.39 is 0 Å². The molecule has 0 unspecified atom stereocenters. The summed E-state index contributed by atoms with van der Waals surface area (Å²) in [7, 11) is 0. The van der Waals surface area contributed by atoms with Gasteiger partial charge in [-0.1, -0.05) is 32.1 Å². The number of hydrogen-bond acceptors (Lipinski definition) is 3. The summed E-state index contributed by atoms with van der Waals surface area (Å²) < 4.78 is 0. The number of amides is 2. The summed E-state index contributed by atoms with van der Waals surface area (Å²) in [6.07, 6.45) is 13.2. The highest BCUT2D eigenvalue weighted by Gasteiger charge is 2.20. The summed E-state index contributed by atoms with van der Waals surface area (Å²) in [6, 6.07) is 2.17. The van der Waals surface area contributed by atoms with Crippen molar-refractivity contribution < 1.29 is 9.59 Å². The van der Waals surface area contributed by atoms with Crippen molar-refractivity contribution >= 4 is 11.8 Å². The Hall–Kier alpha value is -1.91. The lowest BCUT2D eigenvalue weighted by Crippen LogP contribution is -2.36. The second-order valence-corrected chi connectivity index (χ2v) is 6.73. The highest BCUT2D eigenvalue weighted by molar-refractivity contribution is 5.99. The second-order valence-electron chi connectivity index (χ2n) is 6.73. The van der Waals surface area contributed by atoms with Crippen LogP contribution in [-0.4, -0.2) is 28.9 Å². The van der Waals surface area contributed by atoms with E-state index in [2.05, 4.69) is 15.6 Å². The lowest BCUT2D eigenvalue weighted by molar-refractivity contribution is 0.0927. The lowest BCUT2D eigenvalue weighted by atomic mass is 9.95. The minimum atomic E-state index is -0.128. The van der Waals surface area contributed by atoms with Gasteiger partial charge in [-0.3, -0.25) is 14.6 Å². The molecule has 23 heavy (non-hydrogen) atoms. The molecule has 0 saturated heterocycles. The zero-order chi connectivity index (χ0) is 16.1. The number of carbonyl (C=O) groups excluding carboxylic acids is 2. The minimum absolute atomic E-state index is 0.125. The molecule has 2 aliphatic carbocycles. The Balaban J connectivity index is 1.61.